The normalized spacial score (nSPS) is 12.2. The fourth-order valence-corrected chi connectivity index (χ4v) is 2.72. The lowest BCUT2D eigenvalue weighted by Gasteiger charge is -2.18. The molecule has 1 N–H and O–H groups in total. The molecule has 3 rings (SSSR count). The second-order valence-electron chi connectivity index (χ2n) is 7.21. The summed E-state index contributed by atoms with van der Waals surface area (Å²) in [7, 11) is 0. The first-order chi connectivity index (χ1) is 12.3. The Morgan fingerprint density at radius 3 is 2.38 bits per heavy atom. The number of benzene rings is 2. The van der Waals surface area contributed by atoms with Crippen molar-refractivity contribution in [2.24, 2.45) is 0 Å². The average Bonchev–Trinajstić information content (AvgIpc) is 3.02. The molecule has 0 amide bonds. The molecule has 3 aromatic rings. The predicted molar refractivity (Wildman–Crippen MR) is 102 cm³/mol. The van der Waals surface area contributed by atoms with E-state index in [4.69, 9.17) is 14.8 Å². The Morgan fingerprint density at radius 1 is 1.12 bits per heavy atom. The molecule has 0 radical (unpaired) electrons. The zero-order chi connectivity index (χ0) is 18.9. The van der Waals surface area contributed by atoms with Crippen LogP contribution in [0, 0.1) is 11.3 Å². The summed E-state index contributed by atoms with van der Waals surface area (Å²) in [6, 6.07) is 17.3. The minimum atomic E-state index is -1.24. The second kappa shape index (κ2) is 6.53. The Bertz CT molecular complexity index is 1040. The number of furan rings is 1. The van der Waals surface area contributed by atoms with Gasteiger partial charge in [-0.05, 0) is 34.8 Å². The molecule has 2 aromatic carbocycles. The van der Waals surface area contributed by atoms with Gasteiger partial charge >= 0.3 is 5.97 Å². The van der Waals surface area contributed by atoms with Crippen molar-refractivity contribution in [1.82, 2.24) is 0 Å². The Kier molecular flexibility index (Phi) is 4.40. The summed E-state index contributed by atoms with van der Waals surface area (Å²) >= 11 is 0. The fraction of sp³-hybridized carbons (Fsp3) is 0.182. The summed E-state index contributed by atoms with van der Waals surface area (Å²) in [6.07, 6.45) is 1.34. The predicted octanol–water partition coefficient (Wildman–Crippen LogP) is 5.39. The lowest BCUT2D eigenvalue weighted by molar-refractivity contribution is -0.132. The summed E-state index contributed by atoms with van der Waals surface area (Å²) < 4.78 is 5.94. The topological polar surface area (TPSA) is 74.2 Å². The third-order valence-electron chi connectivity index (χ3n) is 4.24. The van der Waals surface area contributed by atoms with Crippen LogP contribution in [0.1, 0.15) is 31.9 Å². The molecule has 26 heavy (non-hydrogen) atoms. The van der Waals surface area contributed by atoms with E-state index in [-0.39, 0.29) is 11.0 Å². The molecule has 4 heteroatoms. The first-order valence-corrected chi connectivity index (χ1v) is 8.27. The maximum Gasteiger partial charge on any atom is 0.346 e. The summed E-state index contributed by atoms with van der Waals surface area (Å²) in [5.74, 6) is -0.494. The first kappa shape index (κ1) is 17.5. The summed E-state index contributed by atoms with van der Waals surface area (Å²) in [6.45, 7) is 6.51. The quantitative estimate of drug-likeness (QED) is 0.510. The molecule has 0 aliphatic carbocycles. The van der Waals surface area contributed by atoms with E-state index >= 15 is 0 Å². The van der Waals surface area contributed by atoms with Crippen LogP contribution in [0.2, 0.25) is 0 Å². The molecular weight excluding hydrogens is 326 g/mol. The number of hydrogen-bond acceptors (Lipinski definition) is 3. The van der Waals surface area contributed by atoms with Gasteiger partial charge in [-0.2, -0.15) is 5.26 Å². The Hall–Kier alpha value is -3.32. The van der Waals surface area contributed by atoms with Gasteiger partial charge in [0.15, 0.2) is 0 Å². The molecule has 0 saturated carbocycles. The number of carbonyl (C=O) groups is 1. The van der Waals surface area contributed by atoms with Crippen molar-refractivity contribution in [1.29, 1.82) is 5.26 Å². The molecule has 0 aliphatic heterocycles. The minimum Gasteiger partial charge on any atom is -0.477 e. The van der Waals surface area contributed by atoms with Crippen LogP contribution in [0.4, 0.5) is 0 Å². The van der Waals surface area contributed by atoms with Gasteiger partial charge in [0.05, 0.1) is 0 Å². The van der Waals surface area contributed by atoms with E-state index in [9.17, 15) is 4.79 Å². The van der Waals surface area contributed by atoms with Crippen LogP contribution >= 0.6 is 0 Å². The van der Waals surface area contributed by atoms with E-state index < -0.39 is 5.97 Å². The number of nitriles is 1. The second-order valence-corrected chi connectivity index (χ2v) is 7.21. The van der Waals surface area contributed by atoms with Gasteiger partial charge in [0.1, 0.15) is 23.0 Å². The van der Waals surface area contributed by atoms with Gasteiger partial charge in [0, 0.05) is 10.9 Å². The highest BCUT2D eigenvalue weighted by molar-refractivity contribution is 5.97. The number of nitrogens with zero attached hydrogens (tertiary/aromatic N) is 1. The van der Waals surface area contributed by atoms with Crippen LogP contribution in [0.3, 0.4) is 0 Å². The molecular formula is C22H19NO3. The number of hydrogen-bond donors (Lipinski definition) is 1. The number of aliphatic carboxylic acids is 1. The Balaban J connectivity index is 1.97. The highest BCUT2D eigenvalue weighted by Gasteiger charge is 2.14. The van der Waals surface area contributed by atoms with Gasteiger partial charge in [-0.3, -0.25) is 0 Å². The Morgan fingerprint density at radius 2 is 1.81 bits per heavy atom. The summed E-state index contributed by atoms with van der Waals surface area (Å²) in [4.78, 5) is 11.0. The lowest BCUT2D eigenvalue weighted by Crippen LogP contribution is -2.10. The molecule has 1 aromatic heterocycles. The van der Waals surface area contributed by atoms with Gasteiger partial charge in [0.2, 0.25) is 0 Å². The minimum absolute atomic E-state index is 0.0935. The van der Waals surface area contributed by atoms with E-state index in [2.05, 4.69) is 32.9 Å². The van der Waals surface area contributed by atoms with Crippen LogP contribution in [-0.4, -0.2) is 11.1 Å². The van der Waals surface area contributed by atoms with E-state index in [1.807, 2.05) is 24.3 Å². The van der Waals surface area contributed by atoms with Crippen molar-refractivity contribution in [3.63, 3.8) is 0 Å². The zero-order valence-electron chi connectivity index (χ0n) is 14.9. The van der Waals surface area contributed by atoms with Crippen LogP contribution in [0.25, 0.3) is 28.4 Å². The molecule has 0 fully saturated rings. The van der Waals surface area contributed by atoms with Crippen molar-refractivity contribution in [3.05, 3.63) is 65.2 Å². The van der Waals surface area contributed by atoms with Crippen molar-refractivity contribution < 1.29 is 14.3 Å². The molecule has 1 heterocycles. The van der Waals surface area contributed by atoms with Crippen LogP contribution in [0.5, 0.6) is 0 Å². The van der Waals surface area contributed by atoms with Crippen LogP contribution < -0.4 is 0 Å². The van der Waals surface area contributed by atoms with Gasteiger partial charge in [-0.1, -0.05) is 57.2 Å². The molecule has 0 aliphatic rings. The van der Waals surface area contributed by atoms with Crippen LogP contribution in [0.15, 0.2) is 58.5 Å². The van der Waals surface area contributed by atoms with E-state index in [0.717, 1.165) is 16.7 Å². The van der Waals surface area contributed by atoms with Crippen molar-refractivity contribution in [2.75, 3.05) is 0 Å². The molecule has 0 saturated heterocycles. The number of fused-ring (bicyclic) bond motifs is 1. The number of carboxylic acid groups (broad SMARTS) is 1. The maximum atomic E-state index is 11.0. The molecule has 130 valence electrons. The van der Waals surface area contributed by atoms with E-state index in [1.54, 1.807) is 18.2 Å². The van der Waals surface area contributed by atoms with Gasteiger partial charge in [-0.15, -0.1) is 0 Å². The standard InChI is InChI=1S/C22H19NO3/c1-22(2,3)18-8-6-15(7-9-18)20-12-16-5-4-14(11-19(16)26-20)10-17(13-23)21(24)25/h4-12H,1-3H3,(H,24,25). The van der Waals surface area contributed by atoms with Crippen molar-refractivity contribution in [2.45, 2.75) is 26.2 Å². The molecule has 0 spiro atoms. The van der Waals surface area contributed by atoms with Crippen molar-refractivity contribution >= 4 is 23.0 Å². The van der Waals surface area contributed by atoms with Crippen LogP contribution in [-0.2, 0) is 10.2 Å². The maximum absolute atomic E-state index is 11.0. The van der Waals surface area contributed by atoms with E-state index in [0.29, 0.717) is 11.1 Å². The summed E-state index contributed by atoms with van der Waals surface area (Å²) in [5.41, 5.74) is 3.28. The zero-order valence-corrected chi connectivity index (χ0v) is 14.9. The smallest absolute Gasteiger partial charge is 0.346 e. The lowest BCUT2D eigenvalue weighted by atomic mass is 9.86. The largest absolute Gasteiger partial charge is 0.477 e. The SMILES string of the molecule is CC(C)(C)c1ccc(-c2cc3ccc(C=C(C#N)C(=O)O)cc3o2)cc1. The third kappa shape index (κ3) is 3.52. The summed E-state index contributed by atoms with van der Waals surface area (Å²) in [5, 5.41) is 18.8. The highest BCUT2D eigenvalue weighted by Crippen LogP contribution is 2.31. The molecule has 0 unspecified atom stereocenters. The molecule has 0 atom stereocenters. The van der Waals surface area contributed by atoms with Gasteiger partial charge < -0.3 is 9.52 Å². The monoisotopic (exact) mass is 345 g/mol. The van der Waals surface area contributed by atoms with Crippen molar-refractivity contribution in [3.8, 4) is 17.4 Å². The highest BCUT2D eigenvalue weighted by atomic mass is 16.4. The fourth-order valence-electron chi connectivity index (χ4n) is 2.72. The average molecular weight is 345 g/mol. The number of carboxylic acids is 1. The van der Waals surface area contributed by atoms with Gasteiger partial charge in [0.25, 0.3) is 0 Å². The number of rotatable bonds is 3. The molecule has 0 bridgehead atoms. The molecule has 4 nitrogen and oxygen atoms in total. The third-order valence-corrected chi connectivity index (χ3v) is 4.24. The van der Waals surface area contributed by atoms with E-state index in [1.165, 1.54) is 11.6 Å². The Labute approximate surface area is 152 Å². The van der Waals surface area contributed by atoms with Gasteiger partial charge in [-0.25, -0.2) is 4.79 Å². The first-order valence-electron chi connectivity index (χ1n) is 8.27.